The molecule has 0 amide bonds. The fraction of sp³-hybridized carbons (Fsp3) is 0.800. The lowest BCUT2D eigenvalue weighted by atomic mass is 9.71. The number of Topliss-reactive ketones (excluding diaryl/α,β-unsaturated/α-hetero) is 1. The summed E-state index contributed by atoms with van der Waals surface area (Å²) in [4.78, 5) is 11.7. The lowest BCUT2D eigenvalue weighted by Gasteiger charge is -2.31. The molecule has 18 heavy (non-hydrogen) atoms. The van der Waals surface area contributed by atoms with Crippen LogP contribution in [0.4, 0.5) is 0 Å². The maximum atomic E-state index is 11.7. The van der Waals surface area contributed by atoms with Gasteiger partial charge in [0.2, 0.25) is 0 Å². The van der Waals surface area contributed by atoms with Crippen LogP contribution in [0.5, 0.6) is 0 Å². The Balaban J connectivity index is 1.71. The average Bonchev–Trinajstić information content (AvgIpc) is 3.19. The minimum atomic E-state index is -0.140. The van der Waals surface area contributed by atoms with E-state index >= 15 is 0 Å². The van der Waals surface area contributed by atoms with Crippen molar-refractivity contribution in [3.8, 4) is 0 Å². The predicted octanol–water partition coefficient (Wildman–Crippen LogP) is 2.64. The lowest BCUT2D eigenvalue weighted by molar-refractivity contribution is -0.124. The van der Waals surface area contributed by atoms with Gasteiger partial charge in [0, 0.05) is 18.8 Å². The number of epoxide rings is 2. The van der Waals surface area contributed by atoms with E-state index in [0.29, 0.717) is 18.6 Å². The molecule has 0 aromatic heterocycles. The van der Waals surface area contributed by atoms with Crippen LogP contribution in [0.3, 0.4) is 0 Å². The van der Waals surface area contributed by atoms with E-state index in [1.54, 1.807) is 0 Å². The van der Waals surface area contributed by atoms with Crippen LogP contribution < -0.4 is 0 Å². The van der Waals surface area contributed by atoms with Gasteiger partial charge >= 0.3 is 0 Å². The second-order valence-electron chi connectivity index (χ2n) is 6.46. The van der Waals surface area contributed by atoms with Crippen LogP contribution in [0.15, 0.2) is 11.6 Å². The number of hydrogen-bond acceptors (Lipinski definition) is 3. The molecular weight excluding hydrogens is 228 g/mol. The molecule has 1 aliphatic carbocycles. The minimum absolute atomic E-state index is 0.0254. The summed E-state index contributed by atoms with van der Waals surface area (Å²) in [6, 6.07) is 0. The van der Waals surface area contributed by atoms with Crippen LogP contribution in [0.25, 0.3) is 0 Å². The van der Waals surface area contributed by atoms with Crippen molar-refractivity contribution in [2.24, 2.45) is 5.92 Å². The molecule has 2 heterocycles. The predicted molar refractivity (Wildman–Crippen MR) is 68.4 cm³/mol. The molecule has 3 nitrogen and oxygen atoms in total. The highest BCUT2D eigenvalue weighted by Gasteiger charge is 2.68. The molecule has 3 unspecified atom stereocenters. The highest BCUT2D eigenvalue weighted by molar-refractivity contribution is 5.80. The van der Waals surface area contributed by atoms with Crippen LogP contribution in [0.2, 0.25) is 0 Å². The molecule has 2 aliphatic heterocycles. The van der Waals surface area contributed by atoms with E-state index in [1.165, 1.54) is 5.57 Å². The average molecular weight is 250 g/mol. The Morgan fingerprint density at radius 2 is 2.22 bits per heavy atom. The highest BCUT2D eigenvalue weighted by Crippen LogP contribution is 2.58. The second kappa shape index (κ2) is 3.91. The molecule has 4 atom stereocenters. The van der Waals surface area contributed by atoms with Crippen LogP contribution in [-0.4, -0.2) is 29.7 Å². The Labute approximate surface area is 109 Å². The summed E-state index contributed by atoms with van der Waals surface area (Å²) in [5.74, 6) is 0.639. The zero-order chi connectivity index (χ0) is 13.0. The van der Waals surface area contributed by atoms with Gasteiger partial charge in [0.25, 0.3) is 0 Å². The van der Waals surface area contributed by atoms with E-state index in [9.17, 15) is 4.79 Å². The third-order valence-electron chi connectivity index (χ3n) is 4.82. The summed E-state index contributed by atoms with van der Waals surface area (Å²) in [5.41, 5.74) is 1.16. The number of carbonyl (C=O) groups is 1. The zero-order valence-corrected chi connectivity index (χ0v) is 11.5. The van der Waals surface area contributed by atoms with Crippen molar-refractivity contribution >= 4 is 5.78 Å². The van der Waals surface area contributed by atoms with Crippen molar-refractivity contribution in [3.05, 3.63) is 11.6 Å². The SMILES string of the molecule is CC(C)=CCC1OC1(C)C1CC(=O)CC[C@]12CO2. The van der Waals surface area contributed by atoms with Gasteiger partial charge in [-0.3, -0.25) is 4.79 Å². The van der Waals surface area contributed by atoms with Gasteiger partial charge in [-0.05, 0) is 33.6 Å². The van der Waals surface area contributed by atoms with Gasteiger partial charge in [-0.25, -0.2) is 0 Å². The van der Waals surface area contributed by atoms with Crippen molar-refractivity contribution in [2.45, 2.75) is 63.8 Å². The van der Waals surface area contributed by atoms with E-state index in [1.807, 2.05) is 0 Å². The fourth-order valence-electron chi connectivity index (χ4n) is 3.41. The van der Waals surface area contributed by atoms with Crippen molar-refractivity contribution < 1.29 is 14.3 Å². The number of ketones is 1. The van der Waals surface area contributed by atoms with Gasteiger partial charge in [0.15, 0.2) is 0 Å². The van der Waals surface area contributed by atoms with Crippen LogP contribution in [0, 0.1) is 5.92 Å². The maximum absolute atomic E-state index is 11.7. The standard InChI is InChI=1S/C15H22O3/c1-10(2)4-5-13-14(3,18-13)12-8-11(16)6-7-15(12)9-17-15/h4,12-13H,5-9H2,1-3H3/t12?,13?,14?,15-/m0/s1. The second-order valence-corrected chi connectivity index (χ2v) is 6.46. The summed E-state index contributed by atoms with van der Waals surface area (Å²) >= 11 is 0. The smallest absolute Gasteiger partial charge is 0.133 e. The molecule has 2 saturated heterocycles. The van der Waals surface area contributed by atoms with E-state index in [-0.39, 0.29) is 23.2 Å². The van der Waals surface area contributed by atoms with Crippen LogP contribution >= 0.6 is 0 Å². The van der Waals surface area contributed by atoms with Crippen LogP contribution in [0.1, 0.15) is 46.5 Å². The topological polar surface area (TPSA) is 42.1 Å². The summed E-state index contributed by atoms with van der Waals surface area (Å²) < 4.78 is 11.6. The maximum Gasteiger partial charge on any atom is 0.133 e. The summed E-state index contributed by atoms with van der Waals surface area (Å²) in [5, 5.41) is 0. The van der Waals surface area contributed by atoms with E-state index < -0.39 is 0 Å². The molecule has 3 heteroatoms. The monoisotopic (exact) mass is 250 g/mol. The Hall–Kier alpha value is -0.670. The molecule has 3 aliphatic rings. The van der Waals surface area contributed by atoms with E-state index in [4.69, 9.17) is 9.47 Å². The molecular formula is C15H22O3. The molecule has 0 bridgehead atoms. The quantitative estimate of drug-likeness (QED) is 0.571. The van der Waals surface area contributed by atoms with Gasteiger partial charge in [-0.15, -0.1) is 0 Å². The summed E-state index contributed by atoms with van der Waals surface area (Å²) in [6.45, 7) is 7.19. The number of carbonyl (C=O) groups excluding carboxylic acids is 1. The first-order chi connectivity index (χ1) is 8.46. The van der Waals surface area contributed by atoms with Crippen molar-refractivity contribution in [1.29, 1.82) is 0 Å². The van der Waals surface area contributed by atoms with Crippen LogP contribution in [-0.2, 0) is 14.3 Å². The summed E-state index contributed by atoms with van der Waals surface area (Å²) in [6.07, 6.45) is 5.67. The Morgan fingerprint density at radius 1 is 1.50 bits per heavy atom. The van der Waals surface area contributed by atoms with Gasteiger partial charge in [0.05, 0.1) is 23.9 Å². The third-order valence-corrected chi connectivity index (χ3v) is 4.82. The lowest BCUT2D eigenvalue weighted by Crippen LogP contribution is -2.42. The fourth-order valence-corrected chi connectivity index (χ4v) is 3.41. The van der Waals surface area contributed by atoms with E-state index in [0.717, 1.165) is 19.4 Å². The highest BCUT2D eigenvalue weighted by atomic mass is 16.6. The minimum Gasteiger partial charge on any atom is -0.369 e. The molecule has 100 valence electrons. The molecule has 0 aromatic rings. The number of rotatable bonds is 3. The Bertz CT molecular complexity index is 404. The van der Waals surface area contributed by atoms with Crippen molar-refractivity contribution in [3.63, 3.8) is 0 Å². The third kappa shape index (κ3) is 1.94. The normalized spacial score (nSPS) is 46.1. The first-order valence-electron chi connectivity index (χ1n) is 6.93. The molecule has 0 N–H and O–H groups in total. The molecule has 0 aromatic carbocycles. The summed E-state index contributed by atoms with van der Waals surface area (Å²) in [7, 11) is 0. The van der Waals surface area contributed by atoms with Gasteiger partial charge < -0.3 is 9.47 Å². The molecule has 1 spiro atoms. The molecule has 1 saturated carbocycles. The molecule has 3 rings (SSSR count). The Kier molecular flexibility index (Phi) is 2.69. The largest absolute Gasteiger partial charge is 0.369 e. The zero-order valence-electron chi connectivity index (χ0n) is 11.5. The van der Waals surface area contributed by atoms with Crippen molar-refractivity contribution in [2.75, 3.05) is 6.61 Å². The number of ether oxygens (including phenoxy) is 2. The first kappa shape index (κ1) is 12.4. The number of allylic oxidation sites excluding steroid dienone is 1. The van der Waals surface area contributed by atoms with E-state index in [2.05, 4.69) is 26.8 Å². The molecule has 3 fully saturated rings. The van der Waals surface area contributed by atoms with Gasteiger partial charge in [-0.2, -0.15) is 0 Å². The van der Waals surface area contributed by atoms with Gasteiger partial charge in [0.1, 0.15) is 5.78 Å². The molecule has 0 radical (unpaired) electrons. The first-order valence-corrected chi connectivity index (χ1v) is 6.93. The number of hydrogen-bond donors (Lipinski definition) is 0. The Morgan fingerprint density at radius 3 is 2.83 bits per heavy atom. The van der Waals surface area contributed by atoms with Crippen molar-refractivity contribution in [1.82, 2.24) is 0 Å². The van der Waals surface area contributed by atoms with Gasteiger partial charge in [-0.1, -0.05) is 11.6 Å².